The summed E-state index contributed by atoms with van der Waals surface area (Å²) in [6.45, 7) is 5.69. The molecular weight excluding hydrogens is 230 g/mol. The smallest absolute Gasteiger partial charge is 0.163 e. The van der Waals surface area contributed by atoms with E-state index >= 15 is 0 Å². The molecule has 0 atom stereocenters. The summed E-state index contributed by atoms with van der Waals surface area (Å²) in [7, 11) is 1.86. The van der Waals surface area contributed by atoms with Gasteiger partial charge in [-0.3, -0.25) is 4.68 Å². The number of hydrogen-bond donors (Lipinski definition) is 1. The van der Waals surface area contributed by atoms with E-state index in [9.17, 15) is 0 Å². The highest BCUT2D eigenvalue weighted by molar-refractivity contribution is 5.85. The van der Waals surface area contributed by atoms with E-state index in [4.69, 9.17) is 4.74 Å². The maximum absolute atomic E-state index is 5.42. The highest BCUT2D eigenvalue weighted by Crippen LogP contribution is 2.17. The zero-order valence-corrected chi connectivity index (χ0v) is 10.5. The molecule has 18 heavy (non-hydrogen) atoms. The van der Waals surface area contributed by atoms with Crippen LogP contribution in [0.15, 0.2) is 25.2 Å². The average Bonchev–Trinajstić information content (AvgIpc) is 2.77. The lowest BCUT2D eigenvalue weighted by Gasteiger charge is -2.06. The topological polar surface area (TPSA) is 64.9 Å². The molecule has 0 aliphatic carbocycles. The molecule has 0 radical (unpaired) electrons. The number of rotatable bonds is 7. The summed E-state index contributed by atoms with van der Waals surface area (Å²) in [5.41, 5.74) is 0.820. The van der Waals surface area contributed by atoms with Crippen LogP contribution < -0.4 is 5.32 Å². The van der Waals surface area contributed by atoms with E-state index in [1.807, 2.05) is 13.1 Å². The first kappa shape index (κ1) is 12.5. The molecule has 96 valence electrons. The van der Waals surface area contributed by atoms with Gasteiger partial charge in [-0.2, -0.15) is 5.10 Å². The van der Waals surface area contributed by atoms with Gasteiger partial charge in [-0.25, -0.2) is 9.97 Å². The fourth-order valence-electron chi connectivity index (χ4n) is 1.61. The molecule has 6 heteroatoms. The van der Waals surface area contributed by atoms with Crippen molar-refractivity contribution >= 4 is 16.9 Å². The third-order valence-electron chi connectivity index (χ3n) is 2.53. The normalized spacial score (nSPS) is 10.7. The third kappa shape index (κ3) is 2.84. The lowest BCUT2D eigenvalue weighted by molar-refractivity contribution is 0.149. The van der Waals surface area contributed by atoms with Crippen molar-refractivity contribution in [3.63, 3.8) is 0 Å². The lowest BCUT2D eigenvalue weighted by atomic mass is 10.4. The van der Waals surface area contributed by atoms with Crippen LogP contribution in [0.1, 0.15) is 6.42 Å². The Bertz CT molecular complexity index is 522. The molecule has 2 aromatic heterocycles. The monoisotopic (exact) mass is 247 g/mol. The average molecular weight is 247 g/mol. The van der Waals surface area contributed by atoms with Crippen molar-refractivity contribution < 1.29 is 4.74 Å². The Morgan fingerprint density at radius 1 is 1.44 bits per heavy atom. The Labute approximate surface area is 106 Å². The number of aryl methyl sites for hydroxylation is 1. The van der Waals surface area contributed by atoms with Crippen LogP contribution >= 0.6 is 0 Å². The Morgan fingerprint density at radius 3 is 3.17 bits per heavy atom. The summed E-state index contributed by atoms with van der Waals surface area (Å²) in [5.74, 6) is 0.792. The third-order valence-corrected chi connectivity index (χ3v) is 2.53. The molecule has 0 bridgehead atoms. The first-order valence-electron chi connectivity index (χ1n) is 5.88. The second-order valence-electron chi connectivity index (χ2n) is 3.84. The minimum atomic E-state index is 0.638. The van der Waals surface area contributed by atoms with Gasteiger partial charge < -0.3 is 10.1 Å². The summed E-state index contributed by atoms with van der Waals surface area (Å²) in [4.78, 5) is 8.38. The zero-order valence-electron chi connectivity index (χ0n) is 10.5. The number of nitrogens with one attached hydrogen (secondary N) is 1. The summed E-state index contributed by atoms with van der Waals surface area (Å²) < 4.78 is 7.14. The Kier molecular flexibility index (Phi) is 4.25. The summed E-state index contributed by atoms with van der Waals surface area (Å²) in [6, 6.07) is 0. The van der Waals surface area contributed by atoms with Crippen LogP contribution in [-0.4, -0.2) is 39.5 Å². The number of nitrogens with zero attached hydrogens (tertiary/aromatic N) is 4. The second-order valence-corrected chi connectivity index (χ2v) is 3.84. The number of anilines is 1. The van der Waals surface area contributed by atoms with Gasteiger partial charge in [0.05, 0.1) is 24.8 Å². The Balaban J connectivity index is 1.89. The molecular formula is C12H17N5O. The Morgan fingerprint density at radius 2 is 2.33 bits per heavy atom. The van der Waals surface area contributed by atoms with Crippen molar-refractivity contribution in [2.75, 3.05) is 25.1 Å². The Hall–Kier alpha value is -1.95. The SMILES string of the molecule is C=CCCOCCNc1ncnc2c1cnn2C. The van der Waals surface area contributed by atoms with Crippen LogP contribution in [0.25, 0.3) is 11.0 Å². The van der Waals surface area contributed by atoms with Crippen molar-refractivity contribution in [1.82, 2.24) is 19.7 Å². The van der Waals surface area contributed by atoms with Crippen molar-refractivity contribution in [1.29, 1.82) is 0 Å². The zero-order chi connectivity index (χ0) is 12.8. The highest BCUT2D eigenvalue weighted by atomic mass is 16.5. The van der Waals surface area contributed by atoms with Gasteiger partial charge in [0, 0.05) is 13.6 Å². The van der Waals surface area contributed by atoms with Gasteiger partial charge in [0.2, 0.25) is 0 Å². The standard InChI is InChI=1S/C12H17N5O/c1-3-4-6-18-7-5-13-11-10-8-16-17(2)12(10)15-9-14-11/h3,8-9H,1,4-7H2,2H3,(H,13,14,15). The minimum absolute atomic E-state index is 0.638. The molecule has 2 heterocycles. The fourth-order valence-corrected chi connectivity index (χ4v) is 1.61. The van der Waals surface area contributed by atoms with Crippen molar-refractivity contribution in [2.24, 2.45) is 7.05 Å². The molecule has 0 unspecified atom stereocenters. The van der Waals surface area contributed by atoms with Gasteiger partial charge >= 0.3 is 0 Å². The molecule has 0 fully saturated rings. The van der Waals surface area contributed by atoms with Gasteiger partial charge in [0.25, 0.3) is 0 Å². The molecule has 2 aromatic rings. The number of fused-ring (bicyclic) bond motifs is 1. The molecule has 0 aliphatic rings. The molecule has 6 nitrogen and oxygen atoms in total. The van der Waals surface area contributed by atoms with Gasteiger partial charge in [-0.15, -0.1) is 6.58 Å². The van der Waals surface area contributed by atoms with Crippen LogP contribution in [0, 0.1) is 0 Å². The molecule has 0 aliphatic heterocycles. The summed E-state index contributed by atoms with van der Waals surface area (Å²) in [6.07, 6.45) is 6.01. The molecule has 1 N–H and O–H groups in total. The first-order chi connectivity index (χ1) is 8.83. The molecule has 0 saturated heterocycles. The summed E-state index contributed by atoms with van der Waals surface area (Å²) in [5, 5.41) is 8.30. The van der Waals surface area contributed by atoms with E-state index in [1.54, 1.807) is 10.9 Å². The molecule has 0 aromatic carbocycles. The maximum Gasteiger partial charge on any atom is 0.163 e. The van der Waals surface area contributed by atoms with Gasteiger partial charge in [-0.05, 0) is 6.42 Å². The van der Waals surface area contributed by atoms with E-state index in [2.05, 4.69) is 27.0 Å². The van der Waals surface area contributed by atoms with Crippen LogP contribution in [0.5, 0.6) is 0 Å². The van der Waals surface area contributed by atoms with Crippen molar-refractivity contribution in [3.05, 3.63) is 25.2 Å². The van der Waals surface area contributed by atoms with Gasteiger partial charge in [0.1, 0.15) is 12.1 Å². The summed E-state index contributed by atoms with van der Waals surface area (Å²) >= 11 is 0. The highest BCUT2D eigenvalue weighted by Gasteiger charge is 2.06. The quantitative estimate of drug-likeness (QED) is 0.591. The van der Waals surface area contributed by atoms with Gasteiger partial charge in [0.15, 0.2) is 5.65 Å². The fraction of sp³-hybridized carbons (Fsp3) is 0.417. The second kappa shape index (κ2) is 6.11. The number of ether oxygens (including phenoxy) is 1. The van der Waals surface area contributed by atoms with E-state index in [0.717, 1.165) is 23.3 Å². The molecule has 0 spiro atoms. The van der Waals surface area contributed by atoms with E-state index in [0.29, 0.717) is 19.8 Å². The van der Waals surface area contributed by atoms with Gasteiger partial charge in [-0.1, -0.05) is 6.08 Å². The lowest BCUT2D eigenvalue weighted by Crippen LogP contribution is -2.11. The number of hydrogen-bond acceptors (Lipinski definition) is 5. The van der Waals surface area contributed by atoms with E-state index < -0.39 is 0 Å². The minimum Gasteiger partial charge on any atom is -0.379 e. The molecule has 0 amide bonds. The van der Waals surface area contributed by atoms with Crippen LogP contribution in [0.4, 0.5) is 5.82 Å². The number of aromatic nitrogens is 4. The molecule has 0 saturated carbocycles. The van der Waals surface area contributed by atoms with Crippen LogP contribution in [0.2, 0.25) is 0 Å². The predicted octanol–water partition coefficient (Wildman–Crippen LogP) is 1.37. The van der Waals surface area contributed by atoms with Crippen molar-refractivity contribution in [2.45, 2.75) is 6.42 Å². The first-order valence-corrected chi connectivity index (χ1v) is 5.88. The molecule has 2 rings (SSSR count). The van der Waals surface area contributed by atoms with Crippen molar-refractivity contribution in [3.8, 4) is 0 Å². The predicted molar refractivity (Wildman–Crippen MR) is 70.4 cm³/mol. The van der Waals surface area contributed by atoms with E-state index in [1.165, 1.54) is 6.33 Å². The van der Waals surface area contributed by atoms with Crippen LogP contribution in [-0.2, 0) is 11.8 Å². The van der Waals surface area contributed by atoms with E-state index in [-0.39, 0.29) is 0 Å². The van der Waals surface area contributed by atoms with Crippen LogP contribution in [0.3, 0.4) is 0 Å². The largest absolute Gasteiger partial charge is 0.379 e. The maximum atomic E-state index is 5.42.